The summed E-state index contributed by atoms with van der Waals surface area (Å²) in [5.41, 5.74) is 2.69. The predicted octanol–water partition coefficient (Wildman–Crippen LogP) is 7.68. The molecule has 2 atom stereocenters. The maximum atomic E-state index is 15.0. The molecule has 0 bridgehead atoms. The first-order chi connectivity index (χ1) is 21.9. The summed E-state index contributed by atoms with van der Waals surface area (Å²) < 4.78 is 36.3. The Morgan fingerprint density at radius 3 is 2.69 bits per heavy atom. The number of phenolic OH excluding ortho intramolecular Hbond substituents is 1. The standard InChI is InChI=1S/C36H40F2N4O2S/c1-2-27-30(38)8-6-24-17-26(43)19-29(32(24)27)23-5-7-28-31(18-23)39-34(44-22-35-9-3-13-42(35)21-25(37)20-35)40-33(28)41-14-11-36(12-15-41)10-4-16-45-36/h5-8,17-19,25,43H,2-4,9-16,20-22H2,1H3/t25-,35+/m1/s1. The number of alkyl halides is 1. The number of aromatic hydroxyl groups is 1. The van der Waals surface area contributed by atoms with E-state index in [4.69, 9.17) is 14.7 Å². The number of aromatic nitrogens is 2. The van der Waals surface area contributed by atoms with Crippen LogP contribution < -0.4 is 9.64 Å². The van der Waals surface area contributed by atoms with E-state index in [0.29, 0.717) is 42.3 Å². The maximum Gasteiger partial charge on any atom is 0.319 e. The Morgan fingerprint density at radius 1 is 1.02 bits per heavy atom. The third-order valence-electron chi connectivity index (χ3n) is 10.9. The van der Waals surface area contributed by atoms with Crippen LogP contribution in [0.4, 0.5) is 14.6 Å². The third-order valence-corrected chi connectivity index (χ3v) is 12.6. The Morgan fingerprint density at radius 2 is 1.89 bits per heavy atom. The number of ether oxygens (including phenoxy) is 1. The SMILES string of the molecule is CCc1c(F)ccc2cc(O)cc(-c3ccc4c(N5CCC6(CCCS6)CC5)nc(OC[C@@]56CCCN5C[C@H](F)C6)nc4c3)c12. The summed E-state index contributed by atoms with van der Waals surface area (Å²) >= 11 is 2.14. The van der Waals surface area contributed by atoms with E-state index < -0.39 is 6.17 Å². The molecule has 0 unspecified atom stereocenters. The highest BCUT2D eigenvalue weighted by molar-refractivity contribution is 8.00. The topological polar surface area (TPSA) is 61.7 Å². The summed E-state index contributed by atoms with van der Waals surface area (Å²) in [5.74, 6) is 2.01. The molecular weight excluding hydrogens is 590 g/mol. The second-order valence-electron chi connectivity index (χ2n) is 13.5. The van der Waals surface area contributed by atoms with Gasteiger partial charge in [0.1, 0.15) is 30.2 Å². The van der Waals surface area contributed by atoms with Crippen molar-refractivity contribution >= 4 is 39.3 Å². The summed E-state index contributed by atoms with van der Waals surface area (Å²) in [5, 5.41) is 13.2. The van der Waals surface area contributed by atoms with E-state index in [0.717, 1.165) is 83.9 Å². The molecule has 1 N–H and O–H groups in total. The van der Waals surface area contributed by atoms with Gasteiger partial charge in [-0.2, -0.15) is 21.7 Å². The highest BCUT2D eigenvalue weighted by Crippen LogP contribution is 2.47. The lowest BCUT2D eigenvalue weighted by Gasteiger charge is -2.39. The van der Waals surface area contributed by atoms with Crippen LogP contribution in [0.2, 0.25) is 0 Å². The zero-order chi connectivity index (χ0) is 30.8. The monoisotopic (exact) mass is 630 g/mol. The van der Waals surface area contributed by atoms with E-state index >= 15 is 0 Å². The van der Waals surface area contributed by atoms with Gasteiger partial charge in [-0.25, -0.2) is 8.78 Å². The van der Waals surface area contributed by atoms with E-state index in [2.05, 4.69) is 27.6 Å². The van der Waals surface area contributed by atoms with Gasteiger partial charge in [-0.05, 0) is 115 Å². The number of halogens is 2. The number of rotatable bonds is 6. The number of hydrogen-bond donors (Lipinski definition) is 1. The van der Waals surface area contributed by atoms with Crippen LogP contribution in [0.5, 0.6) is 11.8 Å². The van der Waals surface area contributed by atoms with Crippen LogP contribution in [0.3, 0.4) is 0 Å². The lowest BCUT2D eigenvalue weighted by atomic mass is 9.91. The lowest BCUT2D eigenvalue weighted by Crippen LogP contribution is -2.43. The van der Waals surface area contributed by atoms with Crippen molar-refractivity contribution in [2.45, 2.75) is 74.7 Å². The van der Waals surface area contributed by atoms with Gasteiger partial charge in [0, 0.05) is 36.2 Å². The molecule has 236 valence electrons. The maximum absolute atomic E-state index is 15.0. The van der Waals surface area contributed by atoms with Crippen molar-refractivity contribution in [1.82, 2.24) is 14.9 Å². The van der Waals surface area contributed by atoms with E-state index in [1.165, 1.54) is 24.7 Å². The third kappa shape index (κ3) is 5.10. The molecule has 4 aromatic rings. The molecule has 1 spiro atoms. The van der Waals surface area contributed by atoms with E-state index in [9.17, 15) is 13.9 Å². The van der Waals surface area contributed by atoms with Crippen molar-refractivity contribution in [2.75, 3.05) is 43.4 Å². The minimum absolute atomic E-state index is 0.133. The van der Waals surface area contributed by atoms with Crippen molar-refractivity contribution < 1.29 is 18.6 Å². The van der Waals surface area contributed by atoms with Gasteiger partial charge < -0.3 is 14.7 Å². The number of aryl methyl sites for hydroxylation is 1. The number of fused-ring (bicyclic) bond motifs is 3. The Kier molecular flexibility index (Phi) is 7.32. The Hall–Kier alpha value is -3.17. The van der Waals surface area contributed by atoms with Crippen molar-refractivity contribution in [3.05, 3.63) is 53.8 Å². The van der Waals surface area contributed by atoms with Gasteiger partial charge in [0.25, 0.3) is 0 Å². The van der Waals surface area contributed by atoms with Gasteiger partial charge >= 0.3 is 6.01 Å². The fourth-order valence-electron chi connectivity index (χ4n) is 8.56. The van der Waals surface area contributed by atoms with Gasteiger partial charge in [-0.1, -0.05) is 19.1 Å². The van der Waals surface area contributed by atoms with Gasteiger partial charge in [0.2, 0.25) is 0 Å². The van der Waals surface area contributed by atoms with E-state index in [1.54, 1.807) is 18.2 Å². The first kappa shape index (κ1) is 29.2. The number of anilines is 1. The molecule has 4 aliphatic rings. The summed E-state index contributed by atoms with van der Waals surface area (Å²) in [4.78, 5) is 14.6. The molecule has 8 rings (SSSR count). The molecule has 9 heteroatoms. The zero-order valence-electron chi connectivity index (χ0n) is 25.8. The van der Waals surface area contributed by atoms with Crippen LogP contribution in [-0.4, -0.2) is 75.0 Å². The molecule has 4 aliphatic heterocycles. The van der Waals surface area contributed by atoms with Crippen molar-refractivity contribution in [3.63, 3.8) is 0 Å². The smallest absolute Gasteiger partial charge is 0.319 e. The largest absolute Gasteiger partial charge is 0.508 e. The van der Waals surface area contributed by atoms with Crippen LogP contribution in [0.15, 0.2) is 42.5 Å². The van der Waals surface area contributed by atoms with Crippen molar-refractivity contribution in [1.29, 1.82) is 0 Å². The Balaban J connectivity index is 1.21. The molecule has 1 aromatic heterocycles. The predicted molar refractivity (Wildman–Crippen MR) is 178 cm³/mol. The minimum atomic E-state index is -0.825. The molecule has 4 fully saturated rings. The number of hydrogen-bond acceptors (Lipinski definition) is 7. The van der Waals surface area contributed by atoms with Gasteiger partial charge in [0.05, 0.1) is 11.1 Å². The molecule has 45 heavy (non-hydrogen) atoms. The molecule has 4 saturated heterocycles. The Labute approximate surface area is 267 Å². The van der Waals surface area contributed by atoms with Crippen LogP contribution in [0.25, 0.3) is 32.8 Å². The van der Waals surface area contributed by atoms with E-state index in [-0.39, 0.29) is 17.1 Å². The number of thioether (sulfide) groups is 1. The molecule has 5 heterocycles. The van der Waals surface area contributed by atoms with Crippen LogP contribution in [0.1, 0.15) is 57.4 Å². The molecule has 0 aliphatic carbocycles. The van der Waals surface area contributed by atoms with Gasteiger partial charge in [0.15, 0.2) is 0 Å². The molecule has 3 aromatic carbocycles. The molecule has 0 radical (unpaired) electrons. The fraction of sp³-hybridized carbons (Fsp3) is 0.500. The number of nitrogens with zero attached hydrogens (tertiary/aromatic N) is 4. The van der Waals surface area contributed by atoms with Crippen LogP contribution in [0, 0.1) is 5.82 Å². The van der Waals surface area contributed by atoms with Crippen molar-refractivity contribution in [2.24, 2.45) is 0 Å². The first-order valence-corrected chi connectivity index (χ1v) is 17.5. The number of benzene rings is 3. The molecule has 0 saturated carbocycles. The van der Waals surface area contributed by atoms with Crippen LogP contribution >= 0.6 is 11.8 Å². The molecule has 6 nitrogen and oxygen atoms in total. The average Bonchev–Trinajstić information content (AvgIpc) is 3.74. The van der Waals surface area contributed by atoms with E-state index in [1.807, 2.05) is 19.1 Å². The molecular formula is C36H40F2N4O2S. The summed E-state index contributed by atoms with van der Waals surface area (Å²) in [6.45, 7) is 5.56. The summed E-state index contributed by atoms with van der Waals surface area (Å²) in [6, 6.07) is 13.0. The summed E-state index contributed by atoms with van der Waals surface area (Å²) in [6.07, 6.45) is 7.03. The average molecular weight is 631 g/mol. The minimum Gasteiger partial charge on any atom is -0.508 e. The molecule has 0 amide bonds. The first-order valence-electron chi connectivity index (χ1n) is 16.5. The van der Waals surface area contributed by atoms with Crippen molar-refractivity contribution in [3.8, 4) is 22.9 Å². The van der Waals surface area contributed by atoms with Crippen LogP contribution in [-0.2, 0) is 6.42 Å². The number of phenols is 1. The lowest BCUT2D eigenvalue weighted by molar-refractivity contribution is 0.107. The zero-order valence-corrected chi connectivity index (χ0v) is 26.6. The van der Waals surface area contributed by atoms with Gasteiger partial charge in [-0.3, -0.25) is 4.90 Å². The summed E-state index contributed by atoms with van der Waals surface area (Å²) in [7, 11) is 0. The van der Waals surface area contributed by atoms with Gasteiger partial charge in [-0.15, -0.1) is 0 Å². The normalized spacial score (nSPS) is 24.7. The number of piperidine rings is 1. The highest BCUT2D eigenvalue weighted by Gasteiger charge is 2.49. The Bertz CT molecular complexity index is 1770. The second-order valence-corrected chi connectivity index (χ2v) is 15.1. The highest BCUT2D eigenvalue weighted by atomic mass is 32.2. The quantitative estimate of drug-likeness (QED) is 0.235. The second kappa shape index (κ2) is 11.3. The fourth-order valence-corrected chi connectivity index (χ4v) is 10.0.